The second-order valence-corrected chi connectivity index (χ2v) is 5.78. The number of unbranched alkanes of at least 4 members (excludes halogenated alkanes) is 2. The van der Waals surface area contributed by atoms with Gasteiger partial charge in [0.1, 0.15) is 10.7 Å². The summed E-state index contributed by atoms with van der Waals surface area (Å²) in [6.07, 6.45) is 7.26. The molecule has 94 valence electrons. The van der Waals surface area contributed by atoms with Crippen LogP contribution in [0.1, 0.15) is 38.3 Å². The van der Waals surface area contributed by atoms with Gasteiger partial charge in [0.2, 0.25) is 0 Å². The fourth-order valence-electron chi connectivity index (χ4n) is 1.82. The first kappa shape index (κ1) is 13.1. The molecule has 0 unspecified atom stereocenters. The van der Waals surface area contributed by atoms with Crippen LogP contribution in [0.25, 0.3) is 5.57 Å². The topological polar surface area (TPSA) is 37.8 Å². The molecule has 5 heteroatoms. The van der Waals surface area contributed by atoms with E-state index in [-0.39, 0.29) is 0 Å². The second-order valence-electron chi connectivity index (χ2n) is 4.17. The van der Waals surface area contributed by atoms with Crippen LogP contribution in [-0.2, 0) is 0 Å². The Kier molecular flexibility index (Phi) is 5.48. The summed E-state index contributed by atoms with van der Waals surface area (Å²) in [5.74, 6) is 1.16. The molecule has 0 aliphatic carbocycles. The summed E-state index contributed by atoms with van der Waals surface area (Å²) in [6, 6.07) is 0. The Morgan fingerprint density at radius 3 is 3.12 bits per heavy atom. The molecular formula is C12H19N3S2. The fourth-order valence-corrected chi connectivity index (χ4v) is 3.53. The van der Waals surface area contributed by atoms with Gasteiger partial charge in [-0.15, -0.1) is 11.8 Å². The Morgan fingerprint density at radius 2 is 2.35 bits per heavy atom. The van der Waals surface area contributed by atoms with Crippen molar-refractivity contribution < 1.29 is 0 Å². The van der Waals surface area contributed by atoms with Gasteiger partial charge in [0.15, 0.2) is 0 Å². The summed E-state index contributed by atoms with van der Waals surface area (Å²) in [4.78, 5) is 0. The van der Waals surface area contributed by atoms with Crippen LogP contribution in [0.4, 0.5) is 0 Å². The largest absolute Gasteiger partial charge is 0.312 e. The van der Waals surface area contributed by atoms with Crippen molar-refractivity contribution in [3.8, 4) is 0 Å². The first-order valence-electron chi connectivity index (χ1n) is 6.27. The molecule has 1 aromatic rings. The van der Waals surface area contributed by atoms with Gasteiger partial charge in [-0.1, -0.05) is 25.8 Å². The van der Waals surface area contributed by atoms with Gasteiger partial charge in [-0.2, -0.15) is 8.75 Å². The predicted molar refractivity (Wildman–Crippen MR) is 75.6 cm³/mol. The summed E-state index contributed by atoms with van der Waals surface area (Å²) in [5.41, 5.74) is 2.44. The third-order valence-electron chi connectivity index (χ3n) is 2.78. The number of hydrogen-bond acceptors (Lipinski definition) is 5. The zero-order chi connectivity index (χ0) is 11.9. The average Bonchev–Trinajstić information content (AvgIpc) is 2.84. The molecule has 0 saturated carbocycles. The highest BCUT2D eigenvalue weighted by Gasteiger charge is 2.14. The van der Waals surface area contributed by atoms with E-state index in [0.717, 1.165) is 36.0 Å². The van der Waals surface area contributed by atoms with E-state index in [0.29, 0.717) is 0 Å². The van der Waals surface area contributed by atoms with E-state index < -0.39 is 0 Å². The summed E-state index contributed by atoms with van der Waals surface area (Å²) in [6.45, 7) is 4.26. The molecule has 1 aliphatic rings. The minimum absolute atomic E-state index is 0.938. The predicted octanol–water partition coefficient (Wildman–Crippen LogP) is 3.20. The lowest BCUT2D eigenvalue weighted by Crippen LogP contribution is -2.21. The molecular weight excluding hydrogens is 250 g/mol. The maximum atomic E-state index is 4.44. The lowest BCUT2D eigenvalue weighted by molar-refractivity contribution is 0.736. The van der Waals surface area contributed by atoms with Gasteiger partial charge in [-0.3, -0.25) is 0 Å². The molecule has 0 amide bonds. The average molecular weight is 269 g/mol. The minimum Gasteiger partial charge on any atom is -0.312 e. The monoisotopic (exact) mass is 269 g/mol. The minimum atomic E-state index is 0.938. The van der Waals surface area contributed by atoms with Gasteiger partial charge in [-0.25, -0.2) is 0 Å². The van der Waals surface area contributed by atoms with Crippen LogP contribution >= 0.6 is 23.5 Å². The highest BCUT2D eigenvalue weighted by molar-refractivity contribution is 7.99. The van der Waals surface area contributed by atoms with Crippen molar-refractivity contribution in [3.63, 3.8) is 0 Å². The fraction of sp³-hybridized carbons (Fsp3) is 0.667. The van der Waals surface area contributed by atoms with Crippen LogP contribution in [0.2, 0.25) is 0 Å². The van der Waals surface area contributed by atoms with Crippen molar-refractivity contribution in [2.45, 2.75) is 37.6 Å². The molecule has 2 rings (SSSR count). The maximum Gasteiger partial charge on any atom is 0.138 e. The third kappa shape index (κ3) is 3.79. The highest BCUT2D eigenvalue weighted by Crippen LogP contribution is 2.28. The van der Waals surface area contributed by atoms with E-state index in [1.165, 1.54) is 36.6 Å². The van der Waals surface area contributed by atoms with Crippen LogP contribution in [0, 0.1) is 0 Å². The maximum absolute atomic E-state index is 4.44. The smallest absolute Gasteiger partial charge is 0.138 e. The standard InChI is InChI=1S/C12H19N3S2/c1-2-3-4-8-16-12-11(14-17-15-12)10-6-5-7-13-9-10/h6,13H,2-5,7-9H2,1H3. The molecule has 0 spiro atoms. The van der Waals surface area contributed by atoms with Gasteiger partial charge >= 0.3 is 0 Å². The Labute approximate surface area is 111 Å². The van der Waals surface area contributed by atoms with Gasteiger partial charge in [0, 0.05) is 6.54 Å². The van der Waals surface area contributed by atoms with E-state index in [4.69, 9.17) is 0 Å². The number of nitrogens with zero attached hydrogens (tertiary/aromatic N) is 2. The van der Waals surface area contributed by atoms with Crippen molar-refractivity contribution >= 4 is 29.1 Å². The first-order valence-corrected chi connectivity index (χ1v) is 7.99. The lowest BCUT2D eigenvalue weighted by Gasteiger charge is -2.12. The van der Waals surface area contributed by atoms with E-state index in [9.17, 15) is 0 Å². The van der Waals surface area contributed by atoms with Crippen molar-refractivity contribution in [1.29, 1.82) is 0 Å². The van der Waals surface area contributed by atoms with Crippen molar-refractivity contribution in [3.05, 3.63) is 11.8 Å². The Bertz CT molecular complexity index is 374. The van der Waals surface area contributed by atoms with Gasteiger partial charge in [0.25, 0.3) is 0 Å². The molecule has 1 N–H and O–H groups in total. The van der Waals surface area contributed by atoms with Gasteiger partial charge in [0.05, 0.1) is 11.7 Å². The normalized spacial score (nSPS) is 15.9. The molecule has 0 fully saturated rings. The Balaban J connectivity index is 1.94. The van der Waals surface area contributed by atoms with Crippen LogP contribution in [0.3, 0.4) is 0 Å². The molecule has 0 aromatic carbocycles. The van der Waals surface area contributed by atoms with Crippen LogP contribution in [-0.4, -0.2) is 27.6 Å². The number of aromatic nitrogens is 2. The second kappa shape index (κ2) is 7.13. The number of nitrogens with one attached hydrogen (secondary N) is 1. The third-order valence-corrected chi connectivity index (χ3v) is 4.47. The van der Waals surface area contributed by atoms with Crippen LogP contribution in [0.5, 0.6) is 0 Å². The van der Waals surface area contributed by atoms with E-state index in [1.807, 2.05) is 11.8 Å². The van der Waals surface area contributed by atoms with E-state index in [2.05, 4.69) is 27.1 Å². The Hall–Kier alpha value is -0.390. The molecule has 17 heavy (non-hydrogen) atoms. The SMILES string of the molecule is CCCCCSc1nsnc1C1=CCCNC1. The zero-order valence-electron chi connectivity index (χ0n) is 10.2. The van der Waals surface area contributed by atoms with Crippen LogP contribution < -0.4 is 5.32 Å². The van der Waals surface area contributed by atoms with E-state index >= 15 is 0 Å². The molecule has 0 radical (unpaired) electrons. The molecule has 1 aliphatic heterocycles. The number of hydrogen-bond donors (Lipinski definition) is 1. The number of rotatable bonds is 6. The zero-order valence-corrected chi connectivity index (χ0v) is 11.9. The quantitative estimate of drug-likeness (QED) is 0.636. The Morgan fingerprint density at radius 1 is 1.41 bits per heavy atom. The summed E-state index contributed by atoms with van der Waals surface area (Å²) in [7, 11) is 0. The first-order chi connectivity index (χ1) is 8.42. The van der Waals surface area contributed by atoms with E-state index in [1.54, 1.807) is 0 Å². The summed E-state index contributed by atoms with van der Waals surface area (Å²) < 4.78 is 8.85. The van der Waals surface area contributed by atoms with Gasteiger partial charge in [-0.05, 0) is 30.7 Å². The molecule has 1 aromatic heterocycles. The lowest BCUT2D eigenvalue weighted by atomic mass is 10.1. The highest BCUT2D eigenvalue weighted by atomic mass is 32.2. The molecule has 2 heterocycles. The summed E-state index contributed by atoms with van der Waals surface area (Å²) in [5, 5.41) is 4.51. The molecule has 3 nitrogen and oxygen atoms in total. The molecule has 0 atom stereocenters. The van der Waals surface area contributed by atoms with Gasteiger partial charge < -0.3 is 5.32 Å². The summed E-state index contributed by atoms with van der Waals surface area (Å²) >= 11 is 3.19. The number of thioether (sulfide) groups is 1. The molecule has 0 saturated heterocycles. The molecule has 0 bridgehead atoms. The van der Waals surface area contributed by atoms with Crippen molar-refractivity contribution in [1.82, 2.24) is 14.1 Å². The van der Waals surface area contributed by atoms with Crippen LogP contribution in [0.15, 0.2) is 11.1 Å². The van der Waals surface area contributed by atoms with Crippen molar-refractivity contribution in [2.24, 2.45) is 0 Å². The van der Waals surface area contributed by atoms with Crippen molar-refractivity contribution in [2.75, 3.05) is 18.8 Å².